The van der Waals surface area contributed by atoms with E-state index in [0.29, 0.717) is 22.9 Å². The summed E-state index contributed by atoms with van der Waals surface area (Å²) < 4.78 is 13.0. The predicted molar refractivity (Wildman–Crippen MR) is 106 cm³/mol. The second-order valence-corrected chi connectivity index (χ2v) is 6.00. The molecule has 0 radical (unpaired) electrons. The van der Waals surface area contributed by atoms with Crippen molar-refractivity contribution in [3.8, 4) is 22.9 Å². The molecule has 1 amide bonds. The van der Waals surface area contributed by atoms with Crippen LogP contribution in [-0.4, -0.2) is 32.7 Å². The molecule has 0 atom stereocenters. The number of rotatable bonds is 7. The monoisotopic (exact) mass is 387 g/mol. The number of amides is 1. The number of hydrogen-bond acceptors (Lipinski definition) is 6. The number of nitrogens with zero attached hydrogens (tertiary/aromatic N) is 4. The van der Waals surface area contributed by atoms with Gasteiger partial charge in [-0.2, -0.15) is 0 Å². The first-order valence-electron chi connectivity index (χ1n) is 8.86. The van der Waals surface area contributed by atoms with Gasteiger partial charge in [-0.3, -0.25) is 4.79 Å². The molecule has 0 unspecified atom stereocenters. The summed E-state index contributed by atoms with van der Waals surface area (Å²) >= 11 is 0. The summed E-state index contributed by atoms with van der Waals surface area (Å²) in [4.78, 5) is 12.4. The summed E-state index contributed by atoms with van der Waals surface area (Å²) in [6.07, 6.45) is 1.48. The van der Waals surface area contributed by atoms with Crippen molar-refractivity contribution in [2.45, 2.75) is 0 Å². The van der Waals surface area contributed by atoms with Gasteiger partial charge in [0.2, 0.25) is 0 Å². The molecule has 0 fully saturated rings. The van der Waals surface area contributed by atoms with E-state index in [0.717, 1.165) is 5.69 Å². The Morgan fingerprint density at radius 1 is 0.931 bits per heavy atom. The van der Waals surface area contributed by atoms with E-state index >= 15 is 0 Å². The van der Waals surface area contributed by atoms with E-state index in [1.54, 1.807) is 30.3 Å². The van der Waals surface area contributed by atoms with Gasteiger partial charge in [0.15, 0.2) is 12.4 Å². The van der Waals surface area contributed by atoms with Crippen molar-refractivity contribution >= 4 is 11.6 Å². The number of nitrogens with one attached hydrogen (secondary N) is 1. The maximum Gasteiger partial charge on any atom is 0.262 e. The summed E-state index contributed by atoms with van der Waals surface area (Å²) in [6.45, 7) is -0.154. The van der Waals surface area contributed by atoms with Crippen LogP contribution in [-0.2, 0) is 4.79 Å². The van der Waals surface area contributed by atoms with Gasteiger partial charge in [0.1, 0.15) is 17.8 Å². The molecule has 0 saturated carbocycles. The highest BCUT2D eigenvalue weighted by Gasteiger charge is 2.10. The maximum absolute atomic E-state index is 12.4. The Balaban J connectivity index is 1.39. The van der Waals surface area contributed by atoms with Crippen molar-refractivity contribution in [3.05, 3.63) is 85.2 Å². The number of carbonyl (C=O) groups excluding carboxylic acids is 1. The molecule has 4 aromatic rings. The molecular weight excluding hydrogens is 370 g/mol. The van der Waals surface area contributed by atoms with Gasteiger partial charge in [-0.1, -0.05) is 36.4 Å². The van der Waals surface area contributed by atoms with E-state index in [2.05, 4.69) is 20.8 Å². The number of tetrazole rings is 1. The van der Waals surface area contributed by atoms with Gasteiger partial charge in [-0.15, -0.1) is 5.10 Å². The second-order valence-electron chi connectivity index (χ2n) is 6.00. The third-order valence-electron chi connectivity index (χ3n) is 3.93. The van der Waals surface area contributed by atoms with Gasteiger partial charge in [0.05, 0.1) is 11.4 Å². The summed E-state index contributed by atoms with van der Waals surface area (Å²) in [5.41, 5.74) is 1.29. The molecule has 3 aromatic carbocycles. The Kier molecular flexibility index (Phi) is 5.43. The van der Waals surface area contributed by atoms with Crippen molar-refractivity contribution in [2.75, 3.05) is 11.9 Å². The number of para-hydroxylation sites is 3. The first kappa shape index (κ1) is 18.2. The summed E-state index contributed by atoms with van der Waals surface area (Å²) in [5.74, 6) is 1.46. The van der Waals surface area contributed by atoms with Crippen molar-refractivity contribution < 1.29 is 14.3 Å². The zero-order valence-electron chi connectivity index (χ0n) is 15.3. The summed E-state index contributed by atoms with van der Waals surface area (Å²) in [7, 11) is 0. The van der Waals surface area contributed by atoms with Crippen LogP contribution in [0.25, 0.3) is 5.69 Å². The molecule has 29 heavy (non-hydrogen) atoms. The smallest absolute Gasteiger partial charge is 0.262 e. The van der Waals surface area contributed by atoms with Crippen LogP contribution in [0, 0.1) is 0 Å². The minimum absolute atomic E-state index is 0.154. The third kappa shape index (κ3) is 4.75. The molecular formula is C21H17N5O3. The first-order valence-corrected chi connectivity index (χ1v) is 8.86. The Hall–Kier alpha value is -4.20. The van der Waals surface area contributed by atoms with Gasteiger partial charge in [-0.05, 0) is 46.8 Å². The van der Waals surface area contributed by atoms with Crippen LogP contribution < -0.4 is 14.8 Å². The quantitative estimate of drug-likeness (QED) is 0.522. The minimum atomic E-state index is -0.304. The van der Waals surface area contributed by atoms with Crippen LogP contribution in [0.1, 0.15) is 0 Å². The van der Waals surface area contributed by atoms with Crippen LogP contribution in [0.4, 0.5) is 5.69 Å². The fourth-order valence-electron chi connectivity index (χ4n) is 2.60. The fraction of sp³-hybridized carbons (Fsp3) is 0.0476. The Bertz CT molecular complexity index is 1080. The lowest BCUT2D eigenvalue weighted by Gasteiger charge is -2.13. The molecule has 0 bridgehead atoms. The lowest BCUT2D eigenvalue weighted by molar-refractivity contribution is -0.118. The molecule has 0 saturated heterocycles. The van der Waals surface area contributed by atoms with Gasteiger partial charge in [-0.25, -0.2) is 4.68 Å². The molecule has 4 rings (SSSR count). The van der Waals surface area contributed by atoms with E-state index in [9.17, 15) is 4.79 Å². The topological polar surface area (TPSA) is 91.2 Å². The predicted octanol–water partition coefficient (Wildman–Crippen LogP) is 3.47. The van der Waals surface area contributed by atoms with E-state index in [-0.39, 0.29) is 12.5 Å². The van der Waals surface area contributed by atoms with E-state index in [1.165, 1.54) is 11.0 Å². The minimum Gasteiger partial charge on any atom is -0.484 e. The second kappa shape index (κ2) is 8.66. The molecule has 8 heteroatoms. The summed E-state index contributed by atoms with van der Waals surface area (Å²) in [5, 5.41) is 13.9. The van der Waals surface area contributed by atoms with Crippen molar-refractivity contribution in [2.24, 2.45) is 0 Å². The largest absolute Gasteiger partial charge is 0.484 e. The van der Waals surface area contributed by atoms with E-state index in [1.807, 2.05) is 48.5 Å². The van der Waals surface area contributed by atoms with Crippen molar-refractivity contribution in [1.29, 1.82) is 0 Å². The van der Waals surface area contributed by atoms with Crippen LogP contribution in [0.15, 0.2) is 85.2 Å². The number of ether oxygens (including phenoxy) is 2. The molecule has 8 nitrogen and oxygen atoms in total. The lowest BCUT2D eigenvalue weighted by atomic mass is 10.3. The van der Waals surface area contributed by atoms with E-state index in [4.69, 9.17) is 9.47 Å². The third-order valence-corrected chi connectivity index (χ3v) is 3.93. The zero-order valence-corrected chi connectivity index (χ0v) is 15.3. The Morgan fingerprint density at radius 2 is 1.72 bits per heavy atom. The average Bonchev–Trinajstić information content (AvgIpc) is 3.30. The van der Waals surface area contributed by atoms with Crippen molar-refractivity contribution in [3.63, 3.8) is 0 Å². The Labute approximate surface area is 166 Å². The molecule has 0 aliphatic heterocycles. The maximum atomic E-state index is 12.4. The highest BCUT2D eigenvalue weighted by atomic mass is 16.5. The lowest BCUT2D eigenvalue weighted by Crippen LogP contribution is -2.20. The van der Waals surface area contributed by atoms with Crippen molar-refractivity contribution in [1.82, 2.24) is 20.2 Å². The van der Waals surface area contributed by atoms with Gasteiger partial charge in [0.25, 0.3) is 5.91 Å². The first-order chi connectivity index (χ1) is 14.3. The van der Waals surface area contributed by atoms with Gasteiger partial charge in [0, 0.05) is 6.07 Å². The van der Waals surface area contributed by atoms with Crippen LogP contribution in [0.5, 0.6) is 17.2 Å². The van der Waals surface area contributed by atoms with Crippen LogP contribution >= 0.6 is 0 Å². The number of carbonyl (C=O) groups is 1. The standard InChI is InChI=1S/C21H17N5O3/c27-21(14-28-18-10-6-7-16(13-18)26-15-22-24-25-26)23-19-11-4-5-12-20(19)29-17-8-2-1-3-9-17/h1-13,15H,14H2,(H,23,27). The number of aromatic nitrogens is 4. The average molecular weight is 387 g/mol. The highest BCUT2D eigenvalue weighted by Crippen LogP contribution is 2.29. The zero-order chi connectivity index (χ0) is 19.9. The molecule has 144 valence electrons. The van der Waals surface area contributed by atoms with Crippen LogP contribution in [0.3, 0.4) is 0 Å². The SMILES string of the molecule is O=C(COc1cccc(-n2cnnn2)c1)Nc1ccccc1Oc1ccccc1. The van der Waals surface area contributed by atoms with Gasteiger partial charge >= 0.3 is 0 Å². The highest BCUT2D eigenvalue weighted by molar-refractivity contribution is 5.93. The number of anilines is 1. The number of hydrogen-bond donors (Lipinski definition) is 1. The molecule has 0 aliphatic rings. The number of benzene rings is 3. The molecule has 0 aliphatic carbocycles. The normalized spacial score (nSPS) is 10.3. The molecule has 1 aromatic heterocycles. The molecule has 0 spiro atoms. The Morgan fingerprint density at radius 3 is 2.55 bits per heavy atom. The van der Waals surface area contributed by atoms with E-state index < -0.39 is 0 Å². The molecule has 1 N–H and O–H groups in total. The summed E-state index contributed by atoms with van der Waals surface area (Å²) in [6, 6.07) is 23.7. The van der Waals surface area contributed by atoms with Gasteiger partial charge < -0.3 is 14.8 Å². The fourth-order valence-corrected chi connectivity index (χ4v) is 2.60. The molecule has 1 heterocycles. The van der Waals surface area contributed by atoms with Crippen LogP contribution in [0.2, 0.25) is 0 Å².